The summed E-state index contributed by atoms with van der Waals surface area (Å²) in [4.78, 5) is 5.19. The van der Waals surface area contributed by atoms with Crippen LogP contribution < -0.4 is 0 Å². The zero-order chi connectivity index (χ0) is 24.8. The smallest absolute Gasteiger partial charge is 0.160 e. The second-order valence-corrected chi connectivity index (χ2v) is 9.95. The molecule has 3 nitrogen and oxygen atoms in total. The van der Waals surface area contributed by atoms with Crippen molar-refractivity contribution in [2.75, 3.05) is 0 Å². The Balaban J connectivity index is 1.64. The Morgan fingerprint density at radius 3 is 2.00 bits per heavy atom. The Bertz CT molecular complexity index is 2410. The topological polar surface area (TPSA) is 31.0 Å². The van der Waals surface area contributed by atoms with Gasteiger partial charge in [0.05, 0.1) is 16.6 Å². The second kappa shape index (κ2) is 7.21. The summed E-state index contributed by atoms with van der Waals surface area (Å²) in [6, 6.07) is 42.8. The summed E-state index contributed by atoms with van der Waals surface area (Å²) >= 11 is 0. The van der Waals surface area contributed by atoms with Crippen molar-refractivity contribution in [3.8, 4) is 5.82 Å². The molecule has 9 rings (SSSR count). The number of rotatable bonds is 1. The molecule has 3 heterocycles. The summed E-state index contributed by atoms with van der Waals surface area (Å²) in [5.41, 5.74) is 4.98. The lowest BCUT2D eigenvalue weighted by Crippen LogP contribution is -1.98. The maximum Gasteiger partial charge on any atom is 0.160 e. The molecular formula is C35H20N2O. The van der Waals surface area contributed by atoms with Gasteiger partial charge in [-0.2, -0.15) is 0 Å². The van der Waals surface area contributed by atoms with Crippen molar-refractivity contribution in [2.24, 2.45) is 0 Å². The van der Waals surface area contributed by atoms with E-state index in [4.69, 9.17) is 9.40 Å². The average Bonchev–Trinajstić information content (AvgIpc) is 3.54. The number of nitrogens with zero attached hydrogens (tertiary/aromatic N) is 2. The van der Waals surface area contributed by atoms with Crippen LogP contribution in [0.4, 0.5) is 0 Å². The number of fused-ring (bicyclic) bond motifs is 13. The predicted molar refractivity (Wildman–Crippen MR) is 158 cm³/mol. The first-order chi connectivity index (χ1) is 18.9. The van der Waals surface area contributed by atoms with Crippen LogP contribution in [0, 0.1) is 0 Å². The summed E-state index contributed by atoms with van der Waals surface area (Å²) in [6.07, 6.45) is 0. The summed E-state index contributed by atoms with van der Waals surface area (Å²) in [5.74, 6) is 0.886. The average molecular weight is 485 g/mol. The molecule has 0 aliphatic heterocycles. The second-order valence-electron chi connectivity index (χ2n) is 9.95. The van der Waals surface area contributed by atoms with E-state index in [1.54, 1.807) is 0 Å². The highest BCUT2D eigenvalue weighted by Crippen LogP contribution is 2.46. The summed E-state index contributed by atoms with van der Waals surface area (Å²) in [7, 11) is 0. The van der Waals surface area contributed by atoms with E-state index in [0.29, 0.717) is 0 Å². The van der Waals surface area contributed by atoms with Crippen molar-refractivity contribution < 1.29 is 4.42 Å². The number of furan rings is 1. The molecule has 0 aliphatic carbocycles. The van der Waals surface area contributed by atoms with Crippen LogP contribution in [0.2, 0.25) is 0 Å². The fraction of sp³-hybridized carbons (Fsp3) is 0. The van der Waals surface area contributed by atoms with E-state index in [9.17, 15) is 0 Å². The van der Waals surface area contributed by atoms with Crippen LogP contribution in [0.5, 0.6) is 0 Å². The molecule has 0 radical (unpaired) electrons. The third kappa shape index (κ3) is 2.50. The predicted octanol–water partition coefficient (Wildman–Crippen LogP) is 9.54. The van der Waals surface area contributed by atoms with Gasteiger partial charge in [0.2, 0.25) is 0 Å². The molecule has 0 spiro atoms. The van der Waals surface area contributed by atoms with E-state index >= 15 is 0 Å². The van der Waals surface area contributed by atoms with E-state index in [2.05, 4.69) is 114 Å². The van der Waals surface area contributed by atoms with Gasteiger partial charge < -0.3 is 4.42 Å². The van der Waals surface area contributed by atoms with Crippen molar-refractivity contribution in [1.29, 1.82) is 0 Å². The number of pyridine rings is 1. The van der Waals surface area contributed by atoms with Gasteiger partial charge in [-0.1, -0.05) is 97.1 Å². The first kappa shape index (κ1) is 20.0. The number of para-hydroxylation sites is 2. The molecule has 0 aliphatic rings. The van der Waals surface area contributed by atoms with Gasteiger partial charge in [-0.15, -0.1) is 0 Å². The molecule has 176 valence electrons. The monoisotopic (exact) mass is 484 g/mol. The van der Waals surface area contributed by atoms with E-state index in [1.165, 1.54) is 32.3 Å². The van der Waals surface area contributed by atoms with Gasteiger partial charge >= 0.3 is 0 Å². The van der Waals surface area contributed by atoms with Crippen LogP contribution in [0.25, 0.3) is 82.0 Å². The molecule has 0 N–H and O–H groups in total. The Hall–Kier alpha value is -5.15. The molecule has 0 atom stereocenters. The standard InChI is InChI=1S/C35H20N2O/c1-3-11-23-21(9-1)17-19-27-31-24-12-4-5-13-25(24)32-26-14-6-8-16-29(26)38-35(32)34(31)37(33(23)27)30-20-18-22-10-2-7-15-28(22)36-30/h1-20H. The highest BCUT2D eigenvalue weighted by atomic mass is 16.3. The van der Waals surface area contributed by atoms with Gasteiger partial charge in [0.25, 0.3) is 0 Å². The van der Waals surface area contributed by atoms with Gasteiger partial charge in [-0.3, -0.25) is 4.57 Å². The Morgan fingerprint density at radius 1 is 0.474 bits per heavy atom. The highest BCUT2D eigenvalue weighted by Gasteiger charge is 2.24. The van der Waals surface area contributed by atoms with Crippen LogP contribution in [0.3, 0.4) is 0 Å². The number of hydrogen-bond donors (Lipinski definition) is 0. The third-order valence-electron chi connectivity index (χ3n) is 7.94. The number of benzene rings is 6. The van der Waals surface area contributed by atoms with E-state index in [1.807, 2.05) is 12.1 Å². The molecule has 3 heteroatoms. The van der Waals surface area contributed by atoms with Crippen molar-refractivity contribution in [3.05, 3.63) is 121 Å². The van der Waals surface area contributed by atoms with E-state index in [0.717, 1.165) is 49.7 Å². The summed E-state index contributed by atoms with van der Waals surface area (Å²) in [5, 5.41) is 10.6. The minimum Gasteiger partial charge on any atom is -0.454 e. The molecule has 0 unspecified atom stereocenters. The van der Waals surface area contributed by atoms with Crippen molar-refractivity contribution in [2.45, 2.75) is 0 Å². The SMILES string of the molecule is c1ccc2nc(-n3c4c5ccccc5ccc4c4c5ccccc5c5c6ccccc6oc5c43)ccc2c1. The minimum absolute atomic E-state index is 0.886. The van der Waals surface area contributed by atoms with Crippen molar-refractivity contribution in [1.82, 2.24) is 9.55 Å². The van der Waals surface area contributed by atoms with Gasteiger partial charge in [-0.05, 0) is 40.4 Å². The van der Waals surface area contributed by atoms with Gasteiger partial charge in [0.1, 0.15) is 11.4 Å². The zero-order valence-electron chi connectivity index (χ0n) is 20.3. The summed E-state index contributed by atoms with van der Waals surface area (Å²) in [6.45, 7) is 0. The van der Waals surface area contributed by atoms with Crippen LogP contribution >= 0.6 is 0 Å². The van der Waals surface area contributed by atoms with Crippen LogP contribution in [0.15, 0.2) is 126 Å². The largest absolute Gasteiger partial charge is 0.454 e. The molecular weight excluding hydrogens is 464 g/mol. The quantitative estimate of drug-likeness (QED) is 0.232. The van der Waals surface area contributed by atoms with Crippen molar-refractivity contribution in [3.63, 3.8) is 0 Å². The lowest BCUT2D eigenvalue weighted by Gasteiger charge is -2.11. The number of aromatic nitrogens is 2. The molecule has 0 saturated heterocycles. The summed E-state index contributed by atoms with van der Waals surface area (Å²) < 4.78 is 9.05. The first-order valence-corrected chi connectivity index (χ1v) is 12.9. The maximum absolute atomic E-state index is 6.72. The van der Waals surface area contributed by atoms with E-state index in [-0.39, 0.29) is 0 Å². The van der Waals surface area contributed by atoms with Crippen LogP contribution in [0.1, 0.15) is 0 Å². The third-order valence-corrected chi connectivity index (χ3v) is 7.94. The lowest BCUT2D eigenvalue weighted by molar-refractivity contribution is 0.671. The molecule has 38 heavy (non-hydrogen) atoms. The molecule has 0 saturated carbocycles. The molecule has 0 fully saturated rings. The number of hydrogen-bond acceptors (Lipinski definition) is 2. The fourth-order valence-corrected chi connectivity index (χ4v) is 6.34. The normalized spacial score (nSPS) is 12.2. The lowest BCUT2D eigenvalue weighted by atomic mass is 9.98. The van der Waals surface area contributed by atoms with Gasteiger partial charge in [0, 0.05) is 32.3 Å². The molecule has 6 aromatic carbocycles. The minimum atomic E-state index is 0.886. The molecule has 9 aromatic rings. The Labute approximate surface area is 217 Å². The van der Waals surface area contributed by atoms with Gasteiger partial charge in [0.15, 0.2) is 5.58 Å². The fourth-order valence-electron chi connectivity index (χ4n) is 6.34. The molecule has 0 bridgehead atoms. The van der Waals surface area contributed by atoms with Gasteiger partial charge in [-0.25, -0.2) is 4.98 Å². The maximum atomic E-state index is 6.72. The van der Waals surface area contributed by atoms with E-state index < -0.39 is 0 Å². The molecule has 0 amide bonds. The first-order valence-electron chi connectivity index (χ1n) is 12.9. The zero-order valence-corrected chi connectivity index (χ0v) is 20.3. The van der Waals surface area contributed by atoms with Crippen molar-refractivity contribution >= 4 is 76.2 Å². The Kier molecular flexibility index (Phi) is 3.79. The highest BCUT2D eigenvalue weighted by molar-refractivity contribution is 6.36. The molecule has 3 aromatic heterocycles. The van der Waals surface area contributed by atoms with Crippen LogP contribution in [-0.2, 0) is 0 Å². The Morgan fingerprint density at radius 2 is 1.13 bits per heavy atom. The van der Waals surface area contributed by atoms with Crippen LogP contribution in [-0.4, -0.2) is 9.55 Å².